The lowest BCUT2D eigenvalue weighted by Crippen LogP contribution is -2.53. The molecule has 1 fully saturated rings. The zero-order valence-corrected chi connectivity index (χ0v) is 20.3. The van der Waals surface area contributed by atoms with Crippen molar-refractivity contribution in [2.75, 3.05) is 50.7 Å². The first-order valence-corrected chi connectivity index (χ1v) is 12.6. The summed E-state index contributed by atoms with van der Waals surface area (Å²) >= 11 is 0. The molecule has 9 heteroatoms. The van der Waals surface area contributed by atoms with Gasteiger partial charge in [-0.3, -0.25) is 4.79 Å². The van der Waals surface area contributed by atoms with Crippen LogP contribution in [-0.4, -0.2) is 75.3 Å². The number of amides is 2. The molecule has 0 unspecified atom stereocenters. The number of hydrogen-bond acceptors (Lipinski definition) is 5. The minimum Gasteiger partial charge on any atom is -0.370 e. The molecule has 1 aliphatic heterocycles. The fourth-order valence-corrected chi connectivity index (χ4v) is 5.27. The maximum absolute atomic E-state index is 12.9. The number of urea groups is 1. The molecule has 0 spiro atoms. The van der Waals surface area contributed by atoms with Crippen LogP contribution in [0.2, 0.25) is 0 Å². The normalized spacial score (nSPS) is 14.7. The number of nitrogens with one attached hydrogen (secondary N) is 1. The Bertz CT molecular complexity index is 1080. The van der Waals surface area contributed by atoms with E-state index in [4.69, 9.17) is 0 Å². The molecule has 1 heterocycles. The monoisotopic (exact) mass is 472 g/mol. The van der Waals surface area contributed by atoms with Crippen LogP contribution in [0.3, 0.4) is 0 Å². The summed E-state index contributed by atoms with van der Waals surface area (Å²) in [5.41, 5.74) is 2.79. The molecule has 3 rings (SSSR count). The molecule has 2 aromatic rings. The summed E-state index contributed by atoms with van der Waals surface area (Å²) in [7, 11) is -3.66. The predicted molar refractivity (Wildman–Crippen MR) is 129 cm³/mol. The highest BCUT2D eigenvalue weighted by Gasteiger charge is 2.30. The van der Waals surface area contributed by atoms with Crippen molar-refractivity contribution in [2.45, 2.75) is 25.7 Å². The van der Waals surface area contributed by atoms with Gasteiger partial charge in [-0.25, -0.2) is 13.2 Å². The Morgan fingerprint density at radius 2 is 1.70 bits per heavy atom. The molecule has 8 nitrogen and oxygen atoms in total. The third-order valence-electron chi connectivity index (χ3n) is 5.83. The molecule has 178 valence electrons. The fraction of sp³-hybridized carbons (Fsp3) is 0.417. The number of ketones is 1. The van der Waals surface area contributed by atoms with E-state index >= 15 is 0 Å². The third-order valence-corrected chi connectivity index (χ3v) is 7.74. The van der Waals surface area contributed by atoms with Crippen LogP contribution in [0.15, 0.2) is 53.4 Å². The molecule has 0 aliphatic carbocycles. The number of Topliss-reactive ketones (excluding diaryl/α,β-unsaturated/α-hetero) is 1. The molecule has 0 saturated carbocycles. The van der Waals surface area contributed by atoms with Crippen molar-refractivity contribution in [2.24, 2.45) is 0 Å². The SMILES string of the molecule is CCN(CCNC(=O)N1CCN(S(=O)(=O)c2ccc(C(C)=O)cc2)CC1)c1cccc(C)c1. The lowest BCUT2D eigenvalue weighted by atomic mass is 10.2. The summed E-state index contributed by atoms with van der Waals surface area (Å²) < 4.78 is 27.2. The number of anilines is 1. The third kappa shape index (κ3) is 6.11. The van der Waals surface area contributed by atoms with E-state index < -0.39 is 10.0 Å². The molecule has 2 aromatic carbocycles. The van der Waals surface area contributed by atoms with E-state index in [1.165, 1.54) is 41.1 Å². The average molecular weight is 473 g/mol. The van der Waals surface area contributed by atoms with Gasteiger partial charge in [-0.2, -0.15) is 4.31 Å². The summed E-state index contributed by atoms with van der Waals surface area (Å²) in [6.07, 6.45) is 0. The van der Waals surface area contributed by atoms with E-state index in [0.717, 1.165) is 12.2 Å². The fourth-order valence-electron chi connectivity index (χ4n) is 3.85. The summed E-state index contributed by atoms with van der Waals surface area (Å²) in [5, 5.41) is 2.95. The van der Waals surface area contributed by atoms with Gasteiger partial charge in [0.2, 0.25) is 10.0 Å². The maximum atomic E-state index is 12.9. The minimum absolute atomic E-state index is 0.112. The van der Waals surface area contributed by atoms with Gasteiger partial charge in [0.05, 0.1) is 4.90 Å². The first kappa shape index (κ1) is 24.7. The standard InChI is InChI=1S/C24H32N4O4S/c1-4-26(22-7-5-6-19(2)18-22)13-12-25-24(30)27-14-16-28(17-15-27)33(31,32)23-10-8-21(9-11-23)20(3)29/h5-11,18H,4,12-17H2,1-3H3,(H,25,30). The minimum atomic E-state index is -3.66. The smallest absolute Gasteiger partial charge is 0.317 e. The predicted octanol–water partition coefficient (Wildman–Crippen LogP) is 2.74. The summed E-state index contributed by atoms with van der Waals surface area (Å²) in [5.74, 6) is -0.112. The van der Waals surface area contributed by atoms with Crippen LogP contribution in [-0.2, 0) is 10.0 Å². The van der Waals surface area contributed by atoms with Crippen molar-refractivity contribution in [1.29, 1.82) is 0 Å². The van der Waals surface area contributed by atoms with E-state index in [9.17, 15) is 18.0 Å². The highest BCUT2D eigenvalue weighted by Crippen LogP contribution is 2.19. The van der Waals surface area contributed by atoms with Crippen LogP contribution in [0.4, 0.5) is 10.5 Å². The van der Waals surface area contributed by atoms with Gasteiger partial charge in [0.1, 0.15) is 0 Å². The average Bonchev–Trinajstić information content (AvgIpc) is 2.82. The molecular weight excluding hydrogens is 440 g/mol. The van der Waals surface area contributed by atoms with E-state index in [0.29, 0.717) is 31.7 Å². The van der Waals surface area contributed by atoms with Crippen LogP contribution < -0.4 is 10.2 Å². The Kier molecular flexibility index (Phi) is 8.10. The van der Waals surface area contributed by atoms with E-state index in [1.54, 1.807) is 4.90 Å². The molecule has 2 amide bonds. The number of rotatable bonds is 8. The van der Waals surface area contributed by atoms with E-state index in [-0.39, 0.29) is 29.8 Å². The van der Waals surface area contributed by atoms with Gasteiger partial charge < -0.3 is 15.1 Å². The van der Waals surface area contributed by atoms with Crippen molar-refractivity contribution in [3.63, 3.8) is 0 Å². The molecule has 0 bridgehead atoms. The highest BCUT2D eigenvalue weighted by molar-refractivity contribution is 7.89. The number of nitrogens with zero attached hydrogens (tertiary/aromatic N) is 3. The van der Waals surface area contributed by atoms with Crippen LogP contribution in [0.25, 0.3) is 0 Å². The van der Waals surface area contributed by atoms with E-state index in [2.05, 4.69) is 42.3 Å². The Labute approximate surface area is 196 Å². The first-order chi connectivity index (χ1) is 15.7. The van der Waals surface area contributed by atoms with Gasteiger partial charge in [-0.05, 0) is 50.6 Å². The van der Waals surface area contributed by atoms with Gasteiger partial charge in [-0.15, -0.1) is 0 Å². The van der Waals surface area contributed by atoms with Crippen molar-refractivity contribution in [1.82, 2.24) is 14.5 Å². The largest absolute Gasteiger partial charge is 0.370 e. The molecule has 1 aliphatic rings. The van der Waals surface area contributed by atoms with E-state index in [1.807, 2.05) is 6.07 Å². The van der Waals surface area contributed by atoms with Gasteiger partial charge in [-0.1, -0.05) is 24.3 Å². The van der Waals surface area contributed by atoms with Crippen LogP contribution in [0.1, 0.15) is 29.8 Å². The number of piperazine rings is 1. The number of benzene rings is 2. The molecule has 1 N–H and O–H groups in total. The van der Waals surface area contributed by atoms with Gasteiger partial charge in [0.15, 0.2) is 5.78 Å². The van der Waals surface area contributed by atoms with Crippen LogP contribution >= 0.6 is 0 Å². The van der Waals surface area contributed by atoms with Crippen molar-refractivity contribution < 1.29 is 18.0 Å². The quantitative estimate of drug-likeness (QED) is 0.597. The number of hydrogen-bond donors (Lipinski definition) is 1. The first-order valence-electron chi connectivity index (χ1n) is 11.2. The van der Waals surface area contributed by atoms with Gasteiger partial charge >= 0.3 is 6.03 Å². The second kappa shape index (κ2) is 10.8. The van der Waals surface area contributed by atoms with Crippen molar-refractivity contribution in [3.05, 3.63) is 59.7 Å². The number of carbonyl (C=O) groups is 2. The molecule has 1 saturated heterocycles. The lowest BCUT2D eigenvalue weighted by Gasteiger charge is -2.34. The van der Waals surface area contributed by atoms with Gasteiger partial charge in [0.25, 0.3) is 0 Å². The zero-order chi connectivity index (χ0) is 24.0. The topological polar surface area (TPSA) is 90.0 Å². The number of aryl methyl sites for hydroxylation is 1. The molecule has 0 radical (unpaired) electrons. The van der Waals surface area contributed by atoms with Crippen molar-refractivity contribution in [3.8, 4) is 0 Å². The number of carbonyl (C=O) groups excluding carboxylic acids is 2. The molecule has 0 aromatic heterocycles. The van der Waals surface area contributed by atoms with Gasteiger partial charge in [0, 0.05) is 57.1 Å². The molecular formula is C24H32N4O4S. The van der Waals surface area contributed by atoms with Crippen molar-refractivity contribution >= 4 is 27.5 Å². The Balaban J connectivity index is 1.49. The van der Waals surface area contributed by atoms with Crippen LogP contribution in [0, 0.1) is 6.92 Å². The zero-order valence-electron chi connectivity index (χ0n) is 19.5. The lowest BCUT2D eigenvalue weighted by molar-refractivity contribution is 0.101. The number of sulfonamides is 1. The second-order valence-corrected chi connectivity index (χ2v) is 10.1. The van der Waals surface area contributed by atoms with Crippen LogP contribution in [0.5, 0.6) is 0 Å². The molecule has 33 heavy (non-hydrogen) atoms. The highest BCUT2D eigenvalue weighted by atomic mass is 32.2. The summed E-state index contributed by atoms with van der Waals surface area (Å²) in [6, 6.07) is 14.0. The summed E-state index contributed by atoms with van der Waals surface area (Å²) in [4.78, 5) is 28.0. The Morgan fingerprint density at radius 3 is 2.27 bits per heavy atom. The Morgan fingerprint density at radius 1 is 1.03 bits per heavy atom. The Hall–Kier alpha value is -2.91. The second-order valence-electron chi connectivity index (χ2n) is 8.12. The molecule has 0 atom stereocenters. The maximum Gasteiger partial charge on any atom is 0.317 e. The number of likely N-dealkylation sites (N-methyl/N-ethyl adjacent to an activating group) is 1. The summed E-state index contributed by atoms with van der Waals surface area (Å²) in [6.45, 7) is 8.72.